The predicted molar refractivity (Wildman–Crippen MR) is 99.8 cm³/mol. The van der Waals surface area contributed by atoms with Gasteiger partial charge in [0, 0.05) is 26.6 Å². The summed E-state index contributed by atoms with van der Waals surface area (Å²) in [7, 11) is 1.68. The van der Waals surface area contributed by atoms with E-state index in [1.165, 1.54) is 0 Å². The fraction of sp³-hybridized carbons (Fsp3) is 0.250. The minimum atomic E-state index is 0. The van der Waals surface area contributed by atoms with Crippen molar-refractivity contribution in [1.82, 2.24) is 5.32 Å². The molecule has 0 spiro atoms. The normalized spacial score (nSPS) is 10.2. The summed E-state index contributed by atoms with van der Waals surface area (Å²) in [6, 6.07) is 11.6. The molecular weight excluding hydrogens is 408 g/mol. The van der Waals surface area contributed by atoms with E-state index in [2.05, 4.69) is 27.3 Å². The molecule has 120 valence electrons. The maximum absolute atomic E-state index is 6.16. The molecule has 22 heavy (non-hydrogen) atoms. The lowest BCUT2D eigenvalue weighted by Gasteiger charge is -2.11. The largest absolute Gasteiger partial charge is 0.496 e. The summed E-state index contributed by atoms with van der Waals surface area (Å²) in [6.45, 7) is 1.57. The van der Waals surface area contributed by atoms with Crippen molar-refractivity contribution in [2.75, 3.05) is 13.7 Å². The Morgan fingerprint density at radius 1 is 1.09 bits per heavy atom. The Morgan fingerprint density at radius 2 is 1.86 bits per heavy atom. The van der Waals surface area contributed by atoms with Gasteiger partial charge in [0.05, 0.1) is 7.11 Å². The average molecular weight is 426 g/mol. The van der Waals surface area contributed by atoms with Crippen LogP contribution >= 0.6 is 51.5 Å². The molecule has 0 fully saturated rings. The molecule has 0 aromatic heterocycles. The van der Waals surface area contributed by atoms with Crippen molar-refractivity contribution >= 4 is 51.5 Å². The number of hydrogen-bond acceptors (Lipinski definition) is 2. The van der Waals surface area contributed by atoms with Gasteiger partial charge in [-0.15, -0.1) is 12.4 Å². The second kappa shape index (κ2) is 9.64. The molecule has 0 unspecified atom stereocenters. The molecule has 1 N–H and O–H groups in total. The Balaban J connectivity index is 0.00000242. The van der Waals surface area contributed by atoms with E-state index in [-0.39, 0.29) is 12.4 Å². The van der Waals surface area contributed by atoms with Crippen LogP contribution in [0.15, 0.2) is 40.9 Å². The first-order valence-corrected chi connectivity index (χ1v) is 8.12. The van der Waals surface area contributed by atoms with Crippen molar-refractivity contribution in [2.24, 2.45) is 0 Å². The van der Waals surface area contributed by atoms with Crippen molar-refractivity contribution in [1.29, 1.82) is 0 Å². The van der Waals surface area contributed by atoms with Crippen molar-refractivity contribution in [3.8, 4) is 5.75 Å². The number of hydrogen-bond donors (Lipinski definition) is 1. The molecule has 0 aliphatic carbocycles. The second-order valence-corrected chi connectivity index (χ2v) is 6.38. The van der Waals surface area contributed by atoms with Gasteiger partial charge in [-0.3, -0.25) is 0 Å². The van der Waals surface area contributed by atoms with E-state index in [0.29, 0.717) is 10.0 Å². The number of halogens is 4. The third kappa shape index (κ3) is 5.64. The molecule has 0 bridgehead atoms. The first-order valence-electron chi connectivity index (χ1n) is 6.57. The van der Waals surface area contributed by atoms with E-state index in [1.807, 2.05) is 24.3 Å². The van der Waals surface area contributed by atoms with E-state index in [9.17, 15) is 0 Å². The molecule has 2 aromatic carbocycles. The molecule has 0 saturated carbocycles. The van der Waals surface area contributed by atoms with Gasteiger partial charge in [-0.1, -0.05) is 45.2 Å². The van der Waals surface area contributed by atoms with E-state index in [0.717, 1.165) is 40.9 Å². The first-order chi connectivity index (χ1) is 10.1. The van der Waals surface area contributed by atoms with Crippen LogP contribution in [0.3, 0.4) is 0 Å². The molecule has 6 heteroatoms. The van der Waals surface area contributed by atoms with Crippen LogP contribution in [0.25, 0.3) is 0 Å². The molecule has 2 aromatic rings. The molecular formula is C16H17BrCl3NO. The van der Waals surface area contributed by atoms with Crippen LogP contribution in [-0.4, -0.2) is 13.7 Å². The minimum absolute atomic E-state index is 0. The highest BCUT2D eigenvalue weighted by atomic mass is 79.9. The van der Waals surface area contributed by atoms with Gasteiger partial charge in [-0.2, -0.15) is 0 Å². The highest BCUT2D eigenvalue weighted by Gasteiger charge is 2.04. The van der Waals surface area contributed by atoms with Crippen LogP contribution in [0, 0.1) is 0 Å². The number of ether oxygens (including phenoxy) is 1. The van der Waals surface area contributed by atoms with E-state index < -0.39 is 0 Å². The van der Waals surface area contributed by atoms with Crippen LogP contribution in [0.1, 0.15) is 11.1 Å². The molecule has 2 rings (SSSR count). The van der Waals surface area contributed by atoms with Crippen LogP contribution in [0.5, 0.6) is 5.75 Å². The van der Waals surface area contributed by atoms with Gasteiger partial charge in [0.25, 0.3) is 0 Å². The third-order valence-corrected chi connectivity index (χ3v) is 4.22. The average Bonchev–Trinajstić information content (AvgIpc) is 2.45. The quantitative estimate of drug-likeness (QED) is 0.616. The van der Waals surface area contributed by atoms with Gasteiger partial charge in [-0.05, 0) is 48.9 Å². The van der Waals surface area contributed by atoms with Crippen molar-refractivity contribution in [2.45, 2.75) is 13.0 Å². The monoisotopic (exact) mass is 423 g/mol. The van der Waals surface area contributed by atoms with Crippen molar-refractivity contribution in [3.05, 3.63) is 62.0 Å². The van der Waals surface area contributed by atoms with Gasteiger partial charge in [0.2, 0.25) is 0 Å². The topological polar surface area (TPSA) is 21.3 Å². The van der Waals surface area contributed by atoms with Gasteiger partial charge in [0.15, 0.2) is 0 Å². The molecule has 0 radical (unpaired) electrons. The Morgan fingerprint density at radius 3 is 2.55 bits per heavy atom. The highest BCUT2D eigenvalue weighted by molar-refractivity contribution is 9.10. The smallest absolute Gasteiger partial charge is 0.123 e. The zero-order chi connectivity index (χ0) is 15.2. The van der Waals surface area contributed by atoms with E-state index in [1.54, 1.807) is 13.2 Å². The summed E-state index contributed by atoms with van der Waals surface area (Å²) in [5.41, 5.74) is 2.21. The lowest BCUT2D eigenvalue weighted by Crippen LogP contribution is -2.17. The Hall–Kier alpha value is -0.450. The third-order valence-electron chi connectivity index (χ3n) is 3.14. The van der Waals surface area contributed by atoms with Crippen LogP contribution in [-0.2, 0) is 13.0 Å². The number of nitrogens with one attached hydrogen (secondary N) is 1. The maximum atomic E-state index is 6.16. The standard InChI is InChI=1S/C16H16BrCl2NO.ClH/c1-21-16-5-3-13(17)8-12(16)10-20-7-6-11-2-4-14(18)9-15(11)19;/h2-5,8-9,20H,6-7,10H2,1H3;1H. The minimum Gasteiger partial charge on any atom is -0.496 e. The summed E-state index contributed by atoms with van der Waals surface area (Å²) in [6.07, 6.45) is 0.853. The molecule has 0 saturated heterocycles. The maximum Gasteiger partial charge on any atom is 0.123 e. The zero-order valence-corrected chi connectivity index (χ0v) is 16.0. The Bertz CT molecular complexity index is 622. The SMILES string of the molecule is COc1ccc(Br)cc1CNCCc1ccc(Cl)cc1Cl.Cl. The first kappa shape index (κ1) is 19.6. The second-order valence-electron chi connectivity index (χ2n) is 4.62. The van der Waals surface area contributed by atoms with Crippen molar-refractivity contribution in [3.63, 3.8) is 0 Å². The van der Waals surface area contributed by atoms with E-state index in [4.69, 9.17) is 27.9 Å². The fourth-order valence-electron chi connectivity index (χ4n) is 2.06. The molecule has 0 heterocycles. The van der Waals surface area contributed by atoms with Crippen LogP contribution in [0.4, 0.5) is 0 Å². The number of rotatable bonds is 6. The van der Waals surface area contributed by atoms with Crippen LogP contribution in [0.2, 0.25) is 10.0 Å². The fourth-order valence-corrected chi connectivity index (χ4v) is 2.97. The number of methoxy groups -OCH3 is 1. The summed E-state index contributed by atoms with van der Waals surface area (Å²) in [4.78, 5) is 0. The summed E-state index contributed by atoms with van der Waals surface area (Å²) in [5, 5.41) is 4.78. The lowest BCUT2D eigenvalue weighted by atomic mass is 10.1. The lowest BCUT2D eigenvalue weighted by molar-refractivity contribution is 0.407. The van der Waals surface area contributed by atoms with E-state index >= 15 is 0 Å². The molecule has 0 amide bonds. The predicted octanol–water partition coefficient (Wildman–Crippen LogP) is 5.52. The molecule has 0 aliphatic rings. The Labute approximate surface area is 155 Å². The molecule has 2 nitrogen and oxygen atoms in total. The number of benzene rings is 2. The highest BCUT2D eigenvalue weighted by Crippen LogP contribution is 2.23. The van der Waals surface area contributed by atoms with Gasteiger partial charge in [0.1, 0.15) is 5.75 Å². The Kier molecular flexibility index (Phi) is 8.58. The van der Waals surface area contributed by atoms with Gasteiger partial charge >= 0.3 is 0 Å². The van der Waals surface area contributed by atoms with Crippen molar-refractivity contribution < 1.29 is 4.74 Å². The van der Waals surface area contributed by atoms with Crippen LogP contribution < -0.4 is 10.1 Å². The van der Waals surface area contributed by atoms with Gasteiger partial charge < -0.3 is 10.1 Å². The molecule has 0 aliphatic heterocycles. The van der Waals surface area contributed by atoms with Gasteiger partial charge in [-0.25, -0.2) is 0 Å². The molecule has 0 atom stereocenters. The summed E-state index contributed by atoms with van der Waals surface area (Å²) >= 11 is 15.5. The zero-order valence-electron chi connectivity index (χ0n) is 12.0. The summed E-state index contributed by atoms with van der Waals surface area (Å²) in [5.74, 6) is 0.884. The summed E-state index contributed by atoms with van der Waals surface area (Å²) < 4.78 is 6.39.